The van der Waals surface area contributed by atoms with Crippen LogP contribution in [0.2, 0.25) is 0 Å². The zero-order chi connectivity index (χ0) is 15.0. The van der Waals surface area contributed by atoms with E-state index in [9.17, 15) is 0 Å². The molecule has 0 aromatic heterocycles. The highest BCUT2D eigenvalue weighted by Gasteiger charge is 2.04. The average molecular weight is 300 g/mol. The van der Waals surface area contributed by atoms with Gasteiger partial charge in [0.05, 0.1) is 39.3 Å². The number of unbranched alkanes of at least 4 members (excludes halogenated alkanes) is 1. The minimum Gasteiger partial charge on any atom is -0.499 e. The lowest BCUT2D eigenvalue weighted by Crippen LogP contribution is -2.11. The zero-order valence-corrected chi connectivity index (χ0v) is 13.6. The molecule has 0 amide bonds. The maximum Gasteiger partial charge on any atom is 0.111 e. The van der Waals surface area contributed by atoms with Crippen LogP contribution in [-0.2, 0) is 18.9 Å². The second-order valence-corrected chi connectivity index (χ2v) is 5.40. The first-order chi connectivity index (χ1) is 10.4. The topological polar surface area (TPSA) is 36.9 Å². The molecule has 1 rings (SSSR count). The van der Waals surface area contributed by atoms with Gasteiger partial charge in [-0.2, -0.15) is 0 Å². The van der Waals surface area contributed by atoms with Crippen molar-refractivity contribution in [3.05, 3.63) is 11.8 Å². The largest absolute Gasteiger partial charge is 0.499 e. The van der Waals surface area contributed by atoms with E-state index in [1.165, 1.54) is 44.1 Å². The highest BCUT2D eigenvalue weighted by molar-refractivity contribution is 5.00. The standard InChI is InChI=1S/C17H32O4/c1-2-3-9-18-10-11-19-12-13-20-14-15-21-16-17-7-5-4-6-8-17/h16H,2-15H2,1H3. The molecule has 0 radical (unpaired) electrons. The van der Waals surface area contributed by atoms with Crippen LogP contribution in [0.15, 0.2) is 11.8 Å². The Labute approximate surface area is 129 Å². The lowest BCUT2D eigenvalue weighted by atomic mass is 9.96. The molecule has 0 spiro atoms. The van der Waals surface area contributed by atoms with Crippen LogP contribution in [0.25, 0.3) is 0 Å². The van der Waals surface area contributed by atoms with E-state index in [4.69, 9.17) is 18.9 Å². The molecular weight excluding hydrogens is 268 g/mol. The number of ether oxygens (including phenoxy) is 4. The van der Waals surface area contributed by atoms with Crippen molar-refractivity contribution in [1.82, 2.24) is 0 Å². The predicted octanol–water partition coefficient (Wildman–Crippen LogP) is 3.70. The Morgan fingerprint density at radius 2 is 1.33 bits per heavy atom. The van der Waals surface area contributed by atoms with E-state index in [-0.39, 0.29) is 0 Å². The van der Waals surface area contributed by atoms with Crippen molar-refractivity contribution in [3.8, 4) is 0 Å². The molecule has 0 atom stereocenters. The van der Waals surface area contributed by atoms with Crippen LogP contribution in [0, 0.1) is 0 Å². The summed E-state index contributed by atoms with van der Waals surface area (Å²) in [5.41, 5.74) is 1.45. The van der Waals surface area contributed by atoms with E-state index in [1.54, 1.807) is 0 Å². The molecule has 4 nitrogen and oxygen atoms in total. The van der Waals surface area contributed by atoms with Crippen LogP contribution in [0.4, 0.5) is 0 Å². The maximum absolute atomic E-state index is 5.51. The van der Waals surface area contributed by atoms with Gasteiger partial charge >= 0.3 is 0 Å². The van der Waals surface area contributed by atoms with Crippen LogP contribution in [0.1, 0.15) is 51.9 Å². The van der Waals surface area contributed by atoms with Crippen LogP contribution < -0.4 is 0 Å². The third-order valence-corrected chi connectivity index (χ3v) is 3.48. The molecule has 21 heavy (non-hydrogen) atoms. The Balaban J connectivity index is 1.74. The van der Waals surface area contributed by atoms with Crippen LogP contribution in [0.5, 0.6) is 0 Å². The molecule has 124 valence electrons. The van der Waals surface area contributed by atoms with Gasteiger partial charge in [-0.1, -0.05) is 19.8 Å². The summed E-state index contributed by atoms with van der Waals surface area (Å²) in [6.07, 6.45) is 10.6. The van der Waals surface area contributed by atoms with Crippen molar-refractivity contribution in [2.24, 2.45) is 0 Å². The van der Waals surface area contributed by atoms with Gasteiger partial charge in [0.15, 0.2) is 0 Å². The lowest BCUT2D eigenvalue weighted by Gasteiger charge is -2.13. The normalized spacial score (nSPS) is 15.2. The number of rotatable bonds is 13. The van der Waals surface area contributed by atoms with E-state index in [0.29, 0.717) is 39.6 Å². The SMILES string of the molecule is CCCCOCCOCCOCCOC=C1CCCCC1. The van der Waals surface area contributed by atoms with Crippen molar-refractivity contribution < 1.29 is 18.9 Å². The van der Waals surface area contributed by atoms with Gasteiger partial charge in [0.2, 0.25) is 0 Å². The quantitative estimate of drug-likeness (QED) is 0.384. The van der Waals surface area contributed by atoms with Crippen LogP contribution in [-0.4, -0.2) is 46.2 Å². The molecule has 0 saturated heterocycles. The molecule has 4 heteroatoms. The van der Waals surface area contributed by atoms with Gasteiger partial charge in [-0.15, -0.1) is 0 Å². The van der Waals surface area contributed by atoms with Crippen LogP contribution >= 0.6 is 0 Å². The van der Waals surface area contributed by atoms with E-state index < -0.39 is 0 Å². The Hall–Kier alpha value is -0.580. The first-order valence-electron chi connectivity index (χ1n) is 8.46. The molecule has 1 aliphatic rings. The van der Waals surface area contributed by atoms with Crippen molar-refractivity contribution in [2.75, 3.05) is 46.2 Å². The minimum absolute atomic E-state index is 0.620. The Kier molecular flexibility index (Phi) is 12.6. The summed E-state index contributed by atoms with van der Waals surface area (Å²) < 4.78 is 21.8. The third kappa shape index (κ3) is 11.7. The van der Waals surface area contributed by atoms with E-state index in [1.807, 2.05) is 6.26 Å². The fourth-order valence-corrected chi connectivity index (χ4v) is 2.20. The Morgan fingerprint density at radius 1 is 0.762 bits per heavy atom. The van der Waals surface area contributed by atoms with Gasteiger partial charge in [0.25, 0.3) is 0 Å². The summed E-state index contributed by atoms with van der Waals surface area (Å²) in [7, 11) is 0. The summed E-state index contributed by atoms with van der Waals surface area (Å²) in [5.74, 6) is 0. The minimum atomic E-state index is 0.620. The molecule has 1 aliphatic carbocycles. The molecule has 1 fully saturated rings. The van der Waals surface area contributed by atoms with Crippen molar-refractivity contribution >= 4 is 0 Å². The number of allylic oxidation sites excluding steroid dienone is 1. The van der Waals surface area contributed by atoms with Gasteiger partial charge in [-0.25, -0.2) is 0 Å². The van der Waals surface area contributed by atoms with Crippen molar-refractivity contribution in [3.63, 3.8) is 0 Å². The molecule has 0 aromatic carbocycles. The summed E-state index contributed by atoms with van der Waals surface area (Å²) in [4.78, 5) is 0. The van der Waals surface area contributed by atoms with E-state index in [2.05, 4.69) is 6.92 Å². The van der Waals surface area contributed by atoms with Gasteiger partial charge in [-0.3, -0.25) is 0 Å². The van der Waals surface area contributed by atoms with Gasteiger partial charge in [-0.05, 0) is 37.7 Å². The molecule has 1 saturated carbocycles. The first-order valence-corrected chi connectivity index (χ1v) is 8.46. The summed E-state index contributed by atoms with van der Waals surface area (Å²) in [6.45, 7) is 6.82. The highest BCUT2D eigenvalue weighted by Crippen LogP contribution is 2.22. The number of hydrogen-bond donors (Lipinski definition) is 0. The van der Waals surface area contributed by atoms with E-state index >= 15 is 0 Å². The van der Waals surface area contributed by atoms with Crippen molar-refractivity contribution in [2.45, 2.75) is 51.9 Å². The molecule has 0 bridgehead atoms. The van der Waals surface area contributed by atoms with E-state index in [0.717, 1.165) is 13.0 Å². The summed E-state index contributed by atoms with van der Waals surface area (Å²) in [5, 5.41) is 0. The Bertz CT molecular complexity index is 245. The van der Waals surface area contributed by atoms with Gasteiger partial charge in [0, 0.05) is 6.61 Å². The second-order valence-electron chi connectivity index (χ2n) is 5.40. The fourth-order valence-electron chi connectivity index (χ4n) is 2.20. The molecule has 0 N–H and O–H groups in total. The highest BCUT2D eigenvalue weighted by atomic mass is 16.6. The van der Waals surface area contributed by atoms with Gasteiger partial charge in [0.1, 0.15) is 6.61 Å². The zero-order valence-electron chi connectivity index (χ0n) is 13.6. The predicted molar refractivity (Wildman–Crippen MR) is 84.5 cm³/mol. The lowest BCUT2D eigenvalue weighted by molar-refractivity contribution is 0.00604. The van der Waals surface area contributed by atoms with Gasteiger partial charge < -0.3 is 18.9 Å². The third-order valence-electron chi connectivity index (χ3n) is 3.48. The Morgan fingerprint density at radius 3 is 1.95 bits per heavy atom. The molecule has 0 aromatic rings. The maximum atomic E-state index is 5.51. The average Bonchev–Trinajstić information content (AvgIpc) is 2.53. The molecular formula is C17H32O4. The molecule has 0 unspecified atom stereocenters. The smallest absolute Gasteiger partial charge is 0.111 e. The fraction of sp³-hybridized carbons (Fsp3) is 0.882. The second kappa shape index (κ2) is 14.4. The van der Waals surface area contributed by atoms with Crippen molar-refractivity contribution in [1.29, 1.82) is 0 Å². The molecule has 0 aliphatic heterocycles. The molecule has 0 heterocycles. The monoisotopic (exact) mass is 300 g/mol. The first kappa shape index (κ1) is 18.5. The summed E-state index contributed by atoms with van der Waals surface area (Å²) in [6, 6.07) is 0. The number of hydrogen-bond acceptors (Lipinski definition) is 4. The summed E-state index contributed by atoms with van der Waals surface area (Å²) >= 11 is 0. The van der Waals surface area contributed by atoms with Crippen LogP contribution in [0.3, 0.4) is 0 Å².